The number of nitrogens with zero attached hydrogens (tertiary/aromatic N) is 4. The van der Waals surface area contributed by atoms with Crippen LogP contribution in [0.4, 0.5) is 28.8 Å². The summed E-state index contributed by atoms with van der Waals surface area (Å²) in [7, 11) is -3.78. The molecule has 0 saturated heterocycles. The lowest BCUT2D eigenvalue weighted by molar-refractivity contribution is 0.598. The van der Waals surface area contributed by atoms with Crippen LogP contribution in [0.5, 0.6) is 0 Å². The van der Waals surface area contributed by atoms with Gasteiger partial charge in [0.1, 0.15) is 11.6 Å². The molecule has 0 aliphatic heterocycles. The highest BCUT2D eigenvalue weighted by Crippen LogP contribution is 2.22. The minimum atomic E-state index is -3.78. The van der Waals surface area contributed by atoms with E-state index in [1.165, 1.54) is 11.8 Å². The quantitative estimate of drug-likeness (QED) is 0.330. The maximum Gasteiger partial charge on any atom is 0.280 e. The fraction of sp³-hybridized carbons (Fsp3) is 0.208. The summed E-state index contributed by atoms with van der Waals surface area (Å²) in [4.78, 5) is 13.1. The van der Waals surface area contributed by atoms with Crippen LogP contribution in [0, 0.1) is 20.8 Å². The van der Waals surface area contributed by atoms with Gasteiger partial charge in [0.25, 0.3) is 10.0 Å². The fourth-order valence-corrected chi connectivity index (χ4v) is 4.43. The van der Waals surface area contributed by atoms with E-state index in [0.717, 1.165) is 17.1 Å². The lowest BCUT2D eigenvalue weighted by Crippen LogP contribution is -2.13. The highest BCUT2D eigenvalue weighted by Gasteiger charge is 2.19. The summed E-state index contributed by atoms with van der Waals surface area (Å²) >= 11 is 0. The van der Waals surface area contributed by atoms with Crippen molar-refractivity contribution >= 4 is 38.9 Å². The number of aryl methyl sites for hydroxylation is 4. The Balaban J connectivity index is 1.46. The third-order valence-electron chi connectivity index (χ3n) is 5.14. The van der Waals surface area contributed by atoms with Crippen LogP contribution in [-0.4, -0.2) is 27.9 Å². The largest absolute Gasteiger partial charge is 0.340 e. The average molecular weight is 478 g/mol. The molecule has 2 aromatic carbocycles. The molecule has 0 atom stereocenters. The monoisotopic (exact) mass is 477 g/mol. The van der Waals surface area contributed by atoms with Crippen LogP contribution in [0.3, 0.4) is 0 Å². The molecule has 4 rings (SSSR count). The summed E-state index contributed by atoms with van der Waals surface area (Å²) in [5.41, 5.74) is 4.08. The maximum atomic E-state index is 12.7. The highest BCUT2D eigenvalue weighted by molar-refractivity contribution is 7.92. The van der Waals surface area contributed by atoms with Crippen LogP contribution < -0.4 is 15.4 Å². The van der Waals surface area contributed by atoms with Gasteiger partial charge in [-0.1, -0.05) is 17.7 Å². The van der Waals surface area contributed by atoms with Gasteiger partial charge in [0.2, 0.25) is 5.95 Å². The summed E-state index contributed by atoms with van der Waals surface area (Å²) in [5, 5.41) is 6.44. The zero-order chi connectivity index (χ0) is 24.3. The summed E-state index contributed by atoms with van der Waals surface area (Å²) < 4.78 is 29.7. The Hall–Kier alpha value is -3.92. The smallest absolute Gasteiger partial charge is 0.280 e. The average Bonchev–Trinajstić information content (AvgIpc) is 3.18. The van der Waals surface area contributed by atoms with Crippen molar-refractivity contribution in [3.63, 3.8) is 0 Å². The van der Waals surface area contributed by atoms with Gasteiger partial charge in [-0.3, -0.25) is 4.72 Å². The maximum absolute atomic E-state index is 12.7. The van der Waals surface area contributed by atoms with E-state index in [1.807, 2.05) is 51.1 Å². The van der Waals surface area contributed by atoms with Crippen molar-refractivity contribution in [2.45, 2.75) is 39.3 Å². The molecule has 3 N–H and O–H groups in total. The molecule has 0 aliphatic carbocycles. The molecule has 4 aromatic rings. The Morgan fingerprint density at radius 1 is 0.824 bits per heavy atom. The van der Waals surface area contributed by atoms with E-state index in [1.54, 1.807) is 35.8 Å². The number of sulfonamides is 1. The van der Waals surface area contributed by atoms with Gasteiger partial charge in [-0.15, -0.1) is 0 Å². The van der Waals surface area contributed by atoms with E-state index in [9.17, 15) is 8.42 Å². The first-order valence-electron chi connectivity index (χ1n) is 10.8. The van der Waals surface area contributed by atoms with Gasteiger partial charge in [-0.05, 0) is 64.1 Å². The molecule has 0 unspecified atom stereocenters. The van der Waals surface area contributed by atoms with Crippen molar-refractivity contribution in [3.05, 3.63) is 77.9 Å². The van der Waals surface area contributed by atoms with Gasteiger partial charge in [0.15, 0.2) is 5.03 Å². The Bertz CT molecular complexity index is 1400. The number of nitrogens with one attached hydrogen (secondary N) is 3. The minimum Gasteiger partial charge on any atom is -0.340 e. The molecular weight excluding hydrogens is 450 g/mol. The van der Waals surface area contributed by atoms with Gasteiger partial charge < -0.3 is 15.2 Å². The molecule has 0 radical (unpaired) electrons. The first-order chi connectivity index (χ1) is 16.2. The van der Waals surface area contributed by atoms with E-state index < -0.39 is 10.0 Å². The topological polar surface area (TPSA) is 114 Å². The molecule has 2 heterocycles. The van der Waals surface area contributed by atoms with Gasteiger partial charge in [0.05, 0.1) is 0 Å². The molecular formula is C24H27N7O2S. The lowest BCUT2D eigenvalue weighted by Gasteiger charge is -2.11. The number of anilines is 5. The number of aromatic nitrogens is 4. The van der Waals surface area contributed by atoms with E-state index in [0.29, 0.717) is 29.8 Å². The zero-order valence-electron chi connectivity index (χ0n) is 19.5. The standard InChI is InChI=1S/C24H27N7O2S/c1-5-31-15-23(26-18(31)4)34(32,33)30-21-12-10-20(11-13-21)28-24-25-17(3)14-22(29-24)27-19-8-6-16(2)7-9-19/h6-15,30H,5H2,1-4H3,(H2,25,27,28,29). The predicted molar refractivity (Wildman–Crippen MR) is 134 cm³/mol. The van der Waals surface area contributed by atoms with Crippen LogP contribution in [0.15, 0.2) is 65.8 Å². The highest BCUT2D eigenvalue weighted by atomic mass is 32.2. The van der Waals surface area contributed by atoms with Crippen LogP contribution in [0.2, 0.25) is 0 Å². The number of hydrogen-bond acceptors (Lipinski definition) is 7. The van der Waals surface area contributed by atoms with E-state index in [2.05, 4.69) is 30.3 Å². The van der Waals surface area contributed by atoms with Crippen molar-refractivity contribution in [3.8, 4) is 0 Å². The van der Waals surface area contributed by atoms with Crippen molar-refractivity contribution in [1.29, 1.82) is 0 Å². The van der Waals surface area contributed by atoms with Crippen LogP contribution >= 0.6 is 0 Å². The second-order valence-electron chi connectivity index (χ2n) is 7.93. The molecule has 0 fully saturated rings. The number of benzene rings is 2. The number of rotatable bonds is 8. The molecule has 0 aliphatic rings. The third kappa shape index (κ3) is 5.52. The van der Waals surface area contributed by atoms with Crippen molar-refractivity contribution in [1.82, 2.24) is 19.5 Å². The van der Waals surface area contributed by atoms with E-state index in [4.69, 9.17) is 0 Å². The van der Waals surface area contributed by atoms with E-state index in [-0.39, 0.29) is 5.03 Å². The number of hydrogen-bond donors (Lipinski definition) is 3. The van der Waals surface area contributed by atoms with Crippen molar-refractivity contribution < 1.29 is 8.42 Å². The summed E-state index contributed by atoms with van der Waals surface area (Å²) in [6, 6.07) is 16.8. The summed E-state index contributed by atoms with van der Waals surface area (Å²) in [6.45, 7) is 8.30. The molecule has 9 nitrogen and oxygen atoms in total. The van der Waals surface area contributed by atoms with Crippen LogP contribution in [-0.2, 0) is 16.6 Å². The normalized spacial score (nSPS) is 11.3. The van der Waals surface area contributed by atoms with Gasteiger partial charge >= 0.3 is 0 Å². The van der Waals surface area contributed by atoms with Gasteiger partial charge in [-0.2, -0.15) is 13.4 Å². The SMILES string of the molecule is CCn1cc(S(=O)(=O)Nc2ccc(Nc3nc(C)cc(Nc4ccc(C)cc4)n3)cc2)nc1C. The molecule has 10 heteroatoms. The van der Waals surface area contributed by atoms with Crippen molar-refractivity contribution in [2.24, 2.45) is 0 Å². The summed E-state index contributed by atoms with van der Waals surface area (Å²) in [6.07, 6.45) is 1.53. The number of imidazole rings is 1. The van der Waals surface area contributed by atoms with E-state index >= 15 is 0 Å². The molecule has 0 bridgehead atoms. The fourth-order valence-electron chi connectivity index (χ4n) is 3.36. The first-order valence-corrected chi connectivity index (χ1v) is 12.3. The molecule has 176 valence electrons. The molecule has 2 aromatic heterocycles. The zero-order valence-corrected chi connectivity index (χ0v) is 20.3. The third-order valence-corrected chi connectivity index (χ3v) is 6.39. The van der Waals surface area contributed by atoms with Crippen LogP contribution in [0.1, 0.15) is 24.0 Å². The van der Waals surface area contributed by atoms with Crippen molar-refractivity contribution in [2.75, 3.05) is 15.4 Å². The lowest BCUT2D eigenvalue weighted by atomic mass is 10.2. The second-order valence-corrected chi connectivity index (χ2v) is 9.56. The van der Waals surface area contributed by atoms with Gasteiger partial charge in [0, 0.05) is 41.6 Å². The molecule has 0 spiro atoms. The Kier molecular flexibility index (Phi) is 6.51. The molecule has 0 saturated carbocycles. The minimum absolute atomic E-state index is 0.00387. The Morgan fingerprint density at radius 3 is 2.09 bits per heavy atom. The second kappa shape index (κ2) is 9.52. The Morgan fingerprint density at radius 2 is 1.44 bits per heavy atom. The molecule has 34 heavy (non-hydrogen) atoms. The molecule has 0 amide bonds. The Labute approximate surface area is 199 Å². The summed E-state index contributed by atoms with van der Waals surface area (Å²) in [5.74, 6) is 1.75. The van der Waals surface area contributed by atoms with Crippen LogP contribution in [0.25, 0.3) is 0 Å². The van der Waals surface area contributed by atoms with Gasteiger partial charge in [-0.25, -0.2) is 9.97 Å². The first kappa shape index (κ1) is 23.2. The predicted octanol–water partition coefficient (Wildman–Crippen LogP) is 4.91.